The van der Waals surface area contributed by atoms with Gasteiger partial charge in [-0.15, -0.1) is 5.54 Å². The number of ether oxygens (including phenoxy) is 1. The lowest BCUT2D eigenvalue weighted by molar-refractivity contribution is -0.131. The number of pyridine rings is 1. The van der Waals surface area contributed by atoms with Crippen molar-refractivity contribution in [2.24, 2.45) is 5.41 Å². The monoisotopic (exact) mass is 537 g/mol. The number of nitrogens with zero attached hydrogens (tertiary/aromatic N) is 1. The first-order valence-corrected chi connectivity index (χ1v) is 16.2. The number of halogens is 1. The molecule has 1 aliphatic carbocycles. The maximum atomic E-state index is 13.1. The maximum Gasteiger partial charge on any atom is 0.240 e. The minimum Gasteiger partial charge on any atom is -0.457 e. The van der Waals surface area contributed by atoms with E-state index in [2.05, 4.69) is 46.7 Å². The van der Waals surface area contributed by atoms with Crippen molar-refractivity contribution in [3.05, 3.63) is 90.4 Å². The second-order valence-electron chi connectivity index (χ2n) is 10.7. The number of fused-ring (bicyclic) bond motifs is 1. The first-order valence-electron chi connectivity index (χ1n) is 12.7. The zero-order valence-corrected chi connectivity index (χ0v) is 23.0. The highest BCUT2D eigenvalue weighted by molar-refractivity contribution is 6.83. The highest BCUT2D eigenvalue weighted by Crippen LogP contribution is 2.47. The van der Waals surface area contributed by atoms with E-state index in [0.717, 1.165) is 16.5 Å². The third-order valence-corrected chi connectivity index (χ3v) is 7.22. The third kappa shape index (κ3) is 6.16. The molecule has 0 saturated heterocycles. The number of hydrogen-bond acceptors (Lipinski definition) is 4. The highest BCUT2D eigenvalue weighted by atomic mass is 28.3. The number of rotatable bonds is 6. The highest BCUT2D eigenvalue weighted by Gasteiger charge is 2.56. The molecule has 0 radical (unpaired) electrons. The van der Waals surface area contributed by atoms with Gasteiger partial charge in [-0.2, -0.15) is 0 Å². The van der Waals surface area contributed by atoms with Crippen molar-refractivity contribution in [1.29, 1.82) is 0 Å². The van der Waals surface area contributed by atoms with Crippen LogP contribution >= 0.6 is 0 Å². The van der Waals surface area contributed by atoms with Crippen LogP contribution in [0.25, 0.3) is 10.9 Å². The number of amides is 2. The van der Waals surface area contributed by atoms with Gasteiger partial charge in [0.05, 0.1) is 5.52 Å². The van der Waals surface area contributed by atoms with Gasteiger partial charge in [0.2, 0.25) is 11.8 Å². The lowest BCUT2D eigenvalue weighted by Gasteiger charge is -2.16. The summed E-state index contributed by atoms with van der Waals surface area (Å²) in [5, 5.41) is 6.42. The molecule has 4 aromatic rings. The quantitative estimate of drug-likeness (QED) is 0.162. The van der Waals surface area contributed by atoms with Crippen molar-refractivity contribution in [3.8, 4) is 23.0 Å². The summed E-state index contributed by atoms with van der Waals surface area (Å²) in [4.78, 5) is 30.2. The topological polar surface area (TPSA) is 80.3 Å². The Morgan fingerprint density at radius 3 is 2.10 bits per heavy atom. The molecule has 8 heteroatoms. The normalized spacial score (nSPS) is 13.6. The van der Waals surface area contributed by atoms with Gasteiger partial charge in [0.15, 0.2) is 0 Å². The van der Waals surface area contributed by atoms with Gasteiger partial charge in [-0.1, -0.05) is 25.6 Å². The number of nitrogens with one attached hydrogen (secondary N) is 2. The maximum absolute atomic E-state index is 13.1. The predicted molar refractivity (Wildman–Crippen MR) is 154 cm³/mol. The Bertz CT molecular complexity index is 1610. The van der Waals surface area contributed by atoms with Crippen molar-refractivity contribution in [2.75, 3.05) is 10.6 Å². The molecule has 1 fully saturated rings. The number of aromatic nitrogens is 1. The van der Waals surface area contributed by atoms with E-state index in [0.29, 0.717) is 35.7 Å². The molecule has 0 aliphatic heterocycles. The molecule has 1 saturated carbocycles. The summed E-state index contributed by atoms with van der Waals surface area (Å²) < 4.78 is 19.3. The number of carbonyl (C=O) groups excluding carboxylic acids is 2. The molecule has 1 aromatic heterocycles. The van der Waals surface area contributed by atoms with Crippen LogP contribution in [-0.2, 0) is 9.59 Å². The average Bonchev–Trinajstić information content (AvgIpc) is 3.72. The van der Waals surface area contributed by atoms with Crippen molar-refractivity contribution < 1.29 is 18.7 Å². The van der Waals surface area contributed by atoms with Gasteiger partial charge < -0.3 is 15.4 Å². The van der Waals surface area contributed by atoms with Crippen LogP contribution in [0.5, 0.6) is 11.5 Å². The number of hydrogen-bond donors (Lipinski definition) is 2. The van der Waals surface area contributed by atoms with Gasteiger partial charge >= 0.3 is 0 Å². The van der Waals surface area contributed by atoms with Crippen molar-refractivity contribution in [2.45, 2.75) is 32.5 Å². The van der Waals surface area contributed by atoms with Crippen LogP contribution in [0.4, 0.5) is 15.8 Å². The largest absolute Gasteiger partial charge is 0.457 e. The fourth-order valence-electron chi connectivity index (χ4n) is 4.00. The summed E-state index contributed by atoms with van der Waals surface area (Å²) in [6, 6.07) is 20.1. The summed E-state index contributed by atoms with van der Waals surface area (Å²) in [5.41, 5.74) is 4.97. The van der Waals surface area contributed by atoms with E-state index < -0.39 is 25.2 Å². The summed E-state index contributed by atoms with van der Waals surface area (Å²) in [6.45, 7) is 6.62. The molecule has 1 heterocycles. The SMILES string of the molecule is C[Si](C)(C)C#Cc1ccc2c(Oc3ccc(NC(=O)C4(C(=O)Nc5ccc(F)cc5)CC4)cc3)ccnc2c1. The Labute approximate surface area is 227 Å². The molecular weight excluding hydrogens is 509 g/mol. The Hall–Kier alpha value is -4.48. The van der Waals surface area contributed by atoms with Crippen LogP contribution in [0.15, 0.2) is 79.0 Å². The minimum atomic E-state index is -1.48. The van der Waals surface area contributed by atoms with Crippen molar-refractivity contribution >= 4 is 42.2 Å². The third-order valence-electron chi connectivity index (χ3n) is 6.35. The zero-order valence-electron chi connectivity index (χ0n) is 22.0. The molecule has 196 valence electrons. The molecule has 2 amide bonds. The Kier molecular flexibility index (Phi) is 6.94. The predicted octanol–water partition coefficient (Wildman–Crippen LogP) is 6.75. The number of anilines is 2. The average molecular weight is 538 g/mol. The van der Waals surface area contributed by atoms with Crippen LogP contribution in [0.2, 0.25) is 19.6 Å². The summed E-state index contributed by atoms with van der Waals surface area (Å²) in [6.07, 6.45) is 2.61. The minimum absolute atomic E-state index is 0.371. The van der Waals surface area contributed by atoms with Crippen molar-refractivity contribution in [3.63, 3.8) is 0 Å². The van der Waals surface area contributed by atoms with E-state index in [1.165, 1.54) is 24.3 Å². The van der Waals surface area contributed by atoms with E-state index in [1.807, 2.05) is 24.3 Å². The van der Waals surface area contributed by atoms with Crippen LogP contribution in [-0.4, -0.2) is 24.9 Å². The van der Waals surface area contributed by atoms with Gasteiger partial charge in [0.25, 0.3) is 0 Å². The van der Waals surface area contributed by atoms with Gasteiger partial charge in [0, 0.05) is 28.5 Å². The second kappa shape index (κ2) is 10.3. The van der Waals surface area contributed by atoms with Gasteiger partial charge in [-0.05, 0) is 85.6 Å². The molecule has 3 aromatic carbocycles. The van der Waals surface area contributed by atoms with E-state index in [9.17, 15) is 14.0 Å². The molecule has 0 spiro atoms. The standard InChI is InChI=1S/C31H28FN3O3Si/c1-39(2,3)19-15-21-4-13-26-27(20-21)33-18-14-28(26)38-25-11-9-24(10-12-25)35-30(37)31(16-17-31)29(36)34-23-7-5-22(32)6-8-23/h4-14,18,20H,16-17H2,1-3H3,(H,34,36)(H,35,37). The Balaban J connectivity index is 1.25. The van der Waals surface area contributed by atoms with Gasteiger partial charge in [-0.25, -0.2) is 4.39 Å². The second-order valence-corrected chi connectivity index (χ2v) is 15.4. The van der Waals surface area contributed by atoms with E-state index in [1.54, 1.807) is 30.5 Å². The zero-order chi connectivity index (χ0) is 27.6. The Morgan fingerprint density at radius 2 is 1.51 bits per heavy atom. The molecule has 1 aliphatic rings. The molecule has 0 unspecified atom stereocenters. The van der Waals surface area contributed by atoms with Crippen LogP contribution in [0.1, 0.15) is 18.4 Å². The summed E-state index contributed by atoms with van der Waals surface area (Å²) in [5.74, 6) is 3.36. The fourth-order valence-corrected chi connectivity index (χ4v) is 4.52. The summed E-state index contributed by atoms with van der Waals surface area (Å²) in [7, 11) is -1.48. The molecule has 6 nitrogen and oxygen atoms in total. The van der Waals surface area contributed by atoms with E-state index in [-0.39, 0.29) is 5.91 Å². The Morgan fingerprint density at radius 1 is 0.897 bits per heavy atom. The van der Waals surface area contributed by atoms with Gasteiger partial charge in [0.1, 0.15) is 30.8 Å². The molecule has 5 rings (SSSR count). The van der Waals surface area contributed by atoms with E-state index >= 15 is 0 Å². The van der Waals surface area contributed by atoms with E-state index in [4.69, 9.17) is 4.74 Å². The van der Waals surface area contributed by atoms with Crippen molar-refractivity contribution in [1.82, 2.24) is 4.98 Å². The molecule has 0 atom stereocenters. The fraction of sp³-hybridized carbons (Fsp3) is 0.194. The lowest BCUT2D eigenvalue weighted by Crippen LogP contribution is -2.35. The van der Waals surface area contributed by atoms with Gasteiger partial charge in [-0.3, -0.25) is 14.6 Å². The first-order chi connectivity index (χ1) is 18.6. The number of carbonyl (C=O) groups is 2. The lowest BCUT2D eigenvalue weighted by atomic mass is 10.0. The molecular formula is C31H28FN3O3Si. The smallest absolute Gasteiger partial charge is 0.240 e. The van der Waals surface area contributed by atoms with Crippen LogP contribution in [0.3, 0.4) is 0 Å². The van der Waals surface area contributed by atoms with Crippen LogP contribution < -0.4 is 15.4 Å². The molecule has 0 bridgehead atoms. The number of benzene rings is 3. The van der Waals surface area contributed by atoms with Crippen LogP contribution in [0, 0.1) is 22.7 Å². The molecule has 39 heavy (non-hydrogen) atoms. The first kappa shape index (κ1) is 26.1. The summed E-state index contributed by atoms with van der Waals surface area (Å²) >= 11 is 0. The molecule has 2 N–H and O–H groups in total.